The number of hydrogen-bond acceptors (Lipinski definition) is 3. The SMILES string of the molecule is Cc1ccnc2c1NC(=O)[C@@H]2C(=O)O. The second-order valence-corrected chi connectivity index (χ2v) is 3.15. The molecule has 1 aromatic heterocycles. The average molecular weight is 192 g/mol. The second kappa shape index (κ2) is 2.80. The first-order chi connectivity index (χ1) is 6.61. The Labute approximate surface area is 79.8 Å². The molecule has 2 heterocycles. The number of amides is 1. The van der Waals surface area contributed by atoms with Crippen LogP contribution in [0.15, 0.2) is 12.3 Å². The molecular weight excluding hydrogens is 184 g/mol. The molecule has 5 heteroatoms. The van der Waals surface area contributed by atoms with Crippen LogP contribution in [0.1, 0.15) is 17.2 Å². The number of rotatable bonds is 1. The summed E-state index contributed by atoms with van der Waals surface area (Å²) in [5, 5.41) is 11.3. The third kappa shape index (κ3) is 1.06. The van der Waals surface area contributed by atoms with Crippen molar-refractivity contribution in [2.75, 3.05) is 5.32 Å². The maximum Gasteiger partial charge on any atom is 0.322 e. The summed E-state index contributed by atoms with van der Waals surface area (Å²) in [6.45, 7) is 1.80. The topological polar surface area (TPSA) is 79.3 Å². The van der Waals surface area contributed by atoms with Crippen LogP contribution < -0.4 is 5.32 Å². The molecule has 0 spiro atoms. The molecule has 0 aromatic carbocycles. The molecule has 0 bridgehead atoms. The molecule has 2 N–H and O–H groups in total. The summed E-state index contributed by atoms with van der Waals surface area (Å²) >= 11 is 0. The highest BCUT2D eigenvalue weighted by atomic mass is 16.4. The van der Waals surface area contributed by atoms with Crippen molar-refractivity contribution in [3.8, 4) is 0 Å². The number of aromatic nitrogens is 1. The first kappa shape index (κ1) is 8.68. The Bertz CT molecular complexity index is 428. The number of fused-ring (bicyclic) bond motifs is 1. The maximum absolute atomic E-state index is 11.3. The fourth-order valence-electron chi connectivity index (χ4n) is 1.51. The normalized spacial score (nSPS) is 18.9. The second-order valence-electron chi connectivity index (χ2n) is 3.15. The van der Waals surface area contributed by atoms with Gasteiger partial charge in [-0.2, -0.15) is 0 Å². The van der Waals surface area contributed by atoms with Crippen LogP contribution in [-0.2, 0) is 9.59 Å². The molecule has 0 saturated carbocycles. The number of carbonyl (C=O) groups is 2. The van der Waals surface area contributed by atoms with Crippen LogP contribution in [0.4, 0.5) is 5.69 Å². The van der Waals surface area contributed by atoms with Crippen molar-refractivity contribution < 1.29 is 14.7 Å². The van der Waals surface area contributed by atoms with E-state index in [2.05, 4.69) is 10.3 Å². The molecule has 1 aliphatic rings. The van der Waals surface area contributed by atoms with Gasteiger partial charge in [0.15, 0.2) is 5.92 Å². The fraction of sp³-hybridized carbons (Fsp3) is 0.222. The molecule has 0 unspecified atom stereocenters. The predicted molar refractivity (Wildman–Crippen MR) is 48.0 cm³/mol. The van der Waals surface area contributed by atoms with E-state index in [0.717, 1.165) is 5.56 Å². The lowest BCUT2D eigenvalue weighted by Gasteiger charge is -2.01. The maximum atomic E-state index is 11.3. The zero-order chi connectivity index (χ0) is 10.3. The minimum absolute atomic E-state index is 0.308. The lowest BCUT2D eigenvalue weighted by molar-refractivity contribution is -0.141. The molecule has 0 aliphatic carbocycles. The Kier molecular flexibility index (Phi) is 1.73. The molecule has 2 rings (SSSR count). The predicted octanol–water partition coefficient (Wildman–Crippen LogP) is 0.510. The summed E-state index contributed by atoms with van der Waals surface area (Å²) in [7, 11) is 0. The molecule has 5 nitrogen and oxygen atoms in total. The van der Waals surface area contributed by atoms with Gasteiger partial charge in [-0.05, 0) is 18.6 Å². The van der Waals surface area contributed by atoms with Crippen LogP contribution in [0.25, 0.3) is 0 Å². The van der Waals surface area contributed by atoms with Gasteiger partial charge in [0.2, 0.25) is 5.91 Å². The third-order valence-electron chi connectivity index (χ3n) is 2.22. The molecular formula is C9H8N2O3. The van der Waals surface area contributed by atoms with E-state index >= 15 is 0 Å². The van der Waals surface area contributed by atoms with Gasteiger partial charge in [-0.3, -0.25) is 14.6 Å². The van der Waals surface area contributed by atoms with Crippen LogP contribution >= 0.6 is 0 Å². The summed E-state index contributed by atoms with van der Waals surface area (Å²) in [5.74, 6) is -2.85. The number of nitrogens with zero attached hydrogens (tertiary/aromatic N) is 1. The number of carbonyl (C=O) groups excluding carboxylic acids is 1. The monoisotopic (exact) mass is 192 g/mol. The molecule has 1 aromatic rings. The number of pyridine rings is 1. The van der Waals surface area contributed by atoms with E-state index in [4.69, 9.17) is 5.11 Å². The average Bonchev–Trinajstić information content (AvgIpc) is 2.42. The van der Waals surface area contributed by atoms with E-state index < -0.39 is 17.8 Å². The van der Waals surface area contributed by atoms with Crippen LogP contribution in [0, 0.1) is 6.92 Å². The number of aliphatic carboxylic acids is 1. The standard InChI is InChI=1S/C9H8N2O3/c1-4-2-3-10-7-5(9(13)14)8(12)11-6(4)7/h2-3,5H,1H3,(H,11,12)(H,13,14)/t5-/m1/s1. The number of aryl methyl sites for hydroxylation is 1. The van der Waals surface area contributed by atoms with Gasteiger partial charge in [-0.15, -0.1) is 0 Å². The Balaban J connectivity index is 2.58. The number of anilines is 1. The Morgan fingerprint density at radius 3 is 3.00 bits per heavy atom. The van der Waals surface area contributed by atoms with Gasteiger partial charge in [0.1, 0.15) is 0 Å². The molecule has 0 radical (unpaired) electrons. The summed E-state index contributed by atoms with van der Waals surface area (Å²) in [6, 6.07) is 1.73. The smallest absolute Gasteiger partial charge is 0.322 e. The van der Waals surface area contributed by atoms with Crippen LogP contribution in [0.3, 0.4) is 0 Å². The number of carboxylic acids is 1. The largest absolute Gasteiger partial charge is 0.480 e. The first-order valence-corrected chi connectivity index (χ1v) is 4.10. The van der Waals surface area contributed by atoms with E-state index in [1.807, 2.05) is 0 Å². The summed E-state index contributed by atoms with van der Waals surface area (Å²) in [5.41, 5.74) is 1.67. The molecule has 0 saturated heterocycles. The van der Waals surface area contributed by atoms with Crippen molar-refractivity contribution in [2.24, 2.45) is 0 Å². The van der Waals surface area contributed by atoms with E-state index in [1.54, 1.807) is 13.0 Å². The van der Waals surface area contributed by atoms with E-state index in [9.17, 15) is 9.59 Å². The lowest BCUT2D eigenvalue weighted by Crippen LogP contribution is -2.20. The zero-order valence-electron chi connectivity index (χ0n) is 7.44. The first-order valence-electron chi connectivity index (χ1n) is 4.10. The van der Waals surface area contributed by atoms with E-state index in [1.165, 1.54) is 6.20 Å². The van der Waals surface area contributed by atoms with Crippen molar-refractivity contribution in [2.45, 2.75) is 12.8 Å². The fourth-order valence-corrected chi connectivity index (χ4v) is 1.51. The third-order valence-corrected chi connectivity index (χ3v) is 2.22. The highest BCUT2D eigenvalue weighted by molar-refractivity contribution is 6.14. The molecule has 1 aliphatic heterocycles. The van der Waals surface area contributed by atoms with Crippen LogP contribution in [0.5, 0.6) is 0 Å². The van der Waals surface area contributed by atoms with Gasteiger partial charge in [-0.25, -0.2) is 0 Å². The van der Waals surface area contributed by atoms with Crippen LogP contribution in [-0.4, -0.2) is 22.0 Å². The van der Waals surface area contributed by atoms with Gasteiger partial charge >= 0.3 is 5.97 Å². The van der Waals surface area contributed by atoms with Crippen molar-refractivity contribution in [3.63, 3.8) is 0 Å². The number of hydrogen-bond donors (Lipinski definition) is 2. The molecule has 1 atom stereocenters. The Morgan fingerprint density at radius 2 is 2.36 bits per heavy atom. The summed E-state index contributed by atoms with van der Waals surface area (Å²) < 4.78 is 0. The molecule has 1 amide bonds. The molecule has 0 fully saturated rings. The van der Waals surface area contributed by atoms with Gasteiger partial charge in [0, 0.05) is 6.20 Å². The molecule has 72 valence electrons. The Hall–Kier alpha value is -1.91. The molecule has 14 heavy (non-hydrogen) atoms. The number of carboxylic acid groups (broad SMARTS) is 1. The van der Waals surface area contributed by atoms with Gasteiger partial charge < -0.3 is 10.4 Å². The van der Waals surface area contributed by atoms with Crippen molar-refractivity contribution in [3.05, 3.63) is 23.5 Å². The van der Waals surface area contributed by atoms with Gasteiger partial charge in [0.25, 0.3) is 0 Å². The minimum Gasteiger partial charge on any atom is -0.480 e. The van der Waals surface area contributed by atoms with Gasteiger partial charge in [0.05, 0.1) is 11.4 Å². The van der Waals surface area contributed by atoms with E-state index in [0.29, 0.717) is 11.4 Å². The quantitative estimate of drug-likeness (QED) is 0.635. The van der Waals surface area contributed by atoms with Gasteiger partial charge in [-0.1, -0.05) is 0 Å². The highest BCUT2D eigenvalue weighted by Crippen LogP contribution is 2.32. The number of nitrogens with one attached hydrogen (secondary N) is 1. The van der Waals surface area contributed by atoms with Crippen molar-refractivity contribution >= 4 is 17.6 Å². The van der Waals surface area contributed by atoms with Crippen molar-refractivity contribution in [1.29, 1.82) is 0 Å². The minimum atomic E-state index is -1.17. The van der Waals surface area contributed by atoms with Crippen molar-refractivity contribution in [1.82, 2.24) is 4.98 Å². The summed E-state index contributed by atoms with van der Waals surface area (Å²) in [4.78, 5) is 26.0. The highest BCUT2D eigenvalue weighted by Gasteiger charge is 2.38. The van der Waals surface area contributed by atoms with E-state index in [-0.39, 0.29) is 0 Å². The lowest BCUT2D eigenvalue weighted by atomic mass is 10.1. The zero-order valence-corrected chi connectivity index (χ0v) is 7.44. The Morgan fingerprint density at radius 1 is 1.64 bits per heavy atom. The van der Waals surface area contributed by atoms with Crippen LogP contribution in [0.2, 0.25) is 0 Å². The summed E-state index contributed by atoms with van der Waals surface area (Å²) in [6.07, 6.45) is 1.50.